The second-order valence-corrected chi connectivity index (χ2v) is 4.91. The first-order valence-corrected chi connectivity index (χ1v) is 5.39. The number of carboxylic acids is 2. The van der Waals surface area contributed by atoms with Crippen molar-refractivity contribution in [2.24, 2.45) is 0 Å². The van der Waals surface area contributed by atoms with Crippen molar-refractivity contribution in [3.8, 4) is 0 Å². The number of hydrogen-bond donors (Lipinski definition) is 2. The SMILES string of the molecule is CC(C)OC(Br)C(Br)(C(=O)O)C(=O)O. The molecule has 0 bridgehead atoms. The number of ether oxygens (including phenoxy) is 1. The molecule has 82 valence electrons. The van der Waals surface area contributed by atoms with Crippen LogP contribution in [0, 0.1) is 0 Å². The summed E-state index contributed by atoms with van der Waals surface area (Å²) >= 11 is 5.51. The third-order valence-electron chi connectivity index (χ3n) is 1.33. The monoisotopic (exact) mass is 332 g/mol. The van der Waals surface area contributed by atoms with Gasteiger partial charge in [-0.1, -0.05) is 31.9 Å². The van der Waals surface area contributed by atoms with Crippen molar-refractivity contribution in [2.45, 2.75) is 29.3 Å². The molecule has 0 aromatic heterocycles. The van der Waals surface area contributed by atoms with E-state index in [1.807, 2.05) is 0 Å². The van der Waals surface area contributed by atoms with Gasteiger partial charge in [0.25, 0.3) is 4.32 Å². The van der Waals surface area contributed by atoms with E-state index in [-0.39, 0.29) is 6.10 Å². The van der Waals surface area contributed by atoms with Gasteiger partial charge in [0.05, 0.1) is 6.10 Å². The fourth-order valence-electron chi connectivity index (χ4n) is 0.618. The molecule has 0 fully saturated rings. The van der Waals surface area contributed by atoms with Crippen molar-refractivity contribution in [2.75, 3.05) is 0 Å². The molecule has 0 radical (unpaired) electrons. The van der Waals surface area contributed by atoms with Crippen molar-refractivity contribution in [3.05, 3.63) is 0 Å². The summed E-state index contributed by atoms with van der Waals surface area (Å²) in [7, 11) is 0. The van der Waals surface area contributed by atoms with Gasteiger partial charge in [0.15, 0.2) is 0 Å². The lowest BCUT2D eigenvalue weighted by molar-refractivity contribution is -0.155. The number of aliphatic carboxylic acids is 2. The Morgan fingerprint density at radius 3 is 1.86 bits per heavy atom. The molecule has 0 aromatic rings. The summed E-state index contributed by atoms with van der Waals surface area (Å²) in [6.07, 6.45) is -0.282. The van der Waals surface area contributed by atoms with E-state index in [4.69, 9.17) is 14.9 Å². The molecule has 0 amide bonds. The maximum Gasteiger partial charge on any atom is 0.335 e. The lowest BCUT2D eigenvalue weighted by Gasteiger charge is -2.25. The minimum Gasteiger partial charge on any atom is -0.480 e. The number of halogens is 2. The van der Waals surface area contributed by atoms with Gasteiger partial charge in [-0.25, -0.2) is 9.59 Å². The molecule has 0 spiro atoms. The van der Waals surface area contributed by atoms with Gasteiger partial charge in [-0.05, 0) is 13.8 Å². The van der Waals surface area contributed by atoms with Crippen molar-refractivity contribution in [1.82, 2.24) is 0 Å². The molecule has 0 aliphatic heterocycles. The summed E-state index contributed by atoms with van der Waals surface area (Å²) in [6.45, 7) is 3.34. The Morgan fingerprint density at radius 1 is 1.29 bits per heavy atom. The van der Waals surface area contributed by atoms with Crippen LogP contribution in [-0.2, 0) is 14.3 Å². The van der Waals surface area contributed by atoms with Gasteiger partial charge in [-0.2, -0.15) is 0 Å². The molecule has 0 rings (SSSR count). The predicted octanol–water partition coefficient (Wildman–Crippen LogP) is 1.44. The molecular formula is C7H10Br2O5. The molecule has 0 aliphatic rings. The Balaban J connectivity index is 4.83. The van der Waals surface area contributed by atoms with E-state index in [1.165, 1.54) is 0 Å². The first-order chi connectivity index (χ1) is 6.22. The van der Waals surface area contributed by atoms with Gasteiger partial charge in [-0.3, -0.25) is 0 Å². The molecule has 2 N–H and O–H groups in total. The van der Waals surface area contributed by atoms with Crippen LogP contribution in [0.1, 0.15) is 13.8 Å². The van der Waals surface area contributed by atoms with E-state index in [1.54, 1.807) is 13.8 Å². The van der Waals surface area contributed by atoms with Gasteiger partial charge < -0.3 is 14.9 Å². The summed E-state index contributed by atoms with van der Waals surface area (Å²) in [6, 6.07) is 0. The van der Waals surface area contributed by atoms with Gasteiger partial charge >= 0.3 is 11.9 Å². The van der Waals surface area contributed by atoms with Crippen LogP contribution in [0.25, 0.3) is 0 Å². The normalized spacial score (nSPS) is 14.1. The number of alkyl halides is 2. The first kappa shape index (κ1) is 13.9. The van der Waals surface area contributed by atoms with Crippen LogP contribution in [-0.4, -0.2) is 37.6 Å². The molecule has 0 aliphatic carbocycles. The average Bonchev–Trinajstić information content (AvgIpc) is 2.00. The Kier molecular flexibility index (Phi) is 5.03. The molecule has 14 heavy (non-hydrogen) atoms. The van der Waals surface area contributed by atoms with E-state index >= 15 is 0 Å². The Labute approximate surface area is 97.7 Å². The lowest BCUT2D eigenvalue weighted by atomic mass is 10.1. The van der Waals surface area contributed by atoms with Crippen LogP contribution in [0.15, 0.2) is 0 Å². The maximum atomic E-state index is 10.7. The molecular weight excluding hydrogens is 324 g/mol. The minimum absolute atomic E-state index is 0.282. The van der Waals surface area contributed by atoms with E-state index in [2.05, 4.69) is 31.9 Å². The third kappa shape index (κ3) is 2.93. The van der Waals surface area contributed by atoms with Gasteiger partial charge in [0.2, 0.25) is 0 Å². The third-order valence-corrected chi connectivity index (χ3v) is 3.94. The molecule has 0 saturated heterocycles. The summed E-state index contributed by atoms with van der Waals surface area (Å²) in [5.74, 6) is -3.04. The van der Waals surface area contributed by atoms with E-state index in [9.17, 15) is 9.59 Å². The van der Waals surface area contributed by atoms with Crippen molar-refractivity contribution in [1.29, 1.82) is 0 Å². The summed E-state index contributed by atoms with van der Waals surface area (Å²) < 4.78 is 2.88. The summed E-state index contributed by atoms with van der Waals surface area (Å²) in [4.78, 5) is 21.5. The van der Waals surface area contributed by atoms with Crippen LogP contribution in [0.3, 0.4) is 0 Å². The topological polar surface area (TPSA) is 83.8 Å². The molecule has 1 unspecified atom stereocenters. The standard InChI is InChI=1S/C7H10Br2O5/c1-3(2)14-4(8)7(9,5(10)11)6(12)13/h3-4H,1-2H3,(H,10,11)(H,12,13). The predicted molar refractivity (Wildman–Crippen MR) is 55.9 cm³/mol. The fraction of sp³-hybridized carbons (Fsp3) is 0.714. The molecule has 0 heterocycles. The zero-order valence-corrected chi connectivity index (χ0v) is 10.7. The zero-order valence-electron chi connectivity index (χ0n) is 7.53. The zero-order chi connectivity index (χ0) is 11.5. The van der Waals surface area contributed by atoms with Gasteiger partial charge in [-0.15, -0.1) is 0 Å². The van der Waals surface area contributed by atoms with Crippen molar-refractivity contribution < 1.29 is 24.5 Å². The summed E-state index contributed by atoms with van der Waals surface area (Å²) in [5, 5.41) is 16.3. The average molecular weight is 334 g/mol. The van der Waals surface area contributed by atoms with Crippen LogP contribution >= 0.6 is 31.9 Å². The highest BCUT2D eigenvalue weighted by Crippen LogP contribution is 2.30. The molecule has 1 atom stereocenters. The fourth-order valence-corrected chi connectivity index (χ4v) is 1.55. The Bertz CT molecular complexity index is 226. The van der Waals surface area contributed by atoms with Crippen LogP contribution in [0.2, 0.25) is 0 Å². The number of carbonyl (C=O) groups is 2. The van der Waals surface area contributed by atoms with Crippen molar-refractivity contribution in [3.63, 3.8) is 0 Å². The van der Waals surface area contributed by atoms with E-state index < -0.39 is 21.3 Å². The highest BCUT2D eigenvalue weighted by molar-refractivity contribution is 9.13. The molecule has 7 heteroatoms. The summed E-state index contributed by atoms with van der Waals surface area (Å²) in [5.41, 5.74) is 0. The van der Waals surface area contributed by atoms with Crippen LogP contribution in [0.5, 0.6) is 0 Å². The van der Waals surface area contributed by atoms with Crippen LogP contribution in [0.4, 0.5) is 0 Å². The quantitative estimate of drug-likeness (QED) is 0.587. The number of rotatable bonds is 5. The second kappa shape index (κ2) is 5.09. The minimum atomic E-state index is -2.17. The van der Waals surface area contributed by atoms with E-state index in [0.29, 0.717) is 0 Å². The molecule has 5 nitrogen and oxygen atoms in total. The lowest BCUT2D eigenvalue weighted by Crippen LogP contribution is -2.49. The second-order valence-electron chi connectivity index (χ2n) is 2.82. The number of hydrogen-bond acceptors (Lipinski definition) is 3. The molecule has 0 aromatic carbocycles. The smallest absolute Gasteiger partial charge is 0.335 e. The van der Waals surface area contributed by atoms with Crippen LogP contribution < -0.4 is 0 Å². The Hall–Kier alpha value is -0.140. The van der Waals surface area contributed by atoms with Gasteiger partial charge in [0.1, 0.15) is 5.01 Å². The highest BCUT2D eigenvalue weighted by Gasteiger charge is 2.51. The number of carboxylic acid groups (broad SMARTS) is 2. The maximum absolute atomic E-state index is 10.7. The Morgan fingerprint density at radius 2 is 1.64 bits per heavy atom. The first-order valence-electron chi connectivity index (χ1n) is 3.68. The van der Waals surface area contributed by atoms with Gasteiger partial charge in [0, 0.05) is 0 Å². The molecule has 0 saturated carbocycles. The largest absolute Gasteiger partial charge is 0.480 e. The van der Waals surface area contributed by atoms with Crippen molar-refractivity contribution >= 4 is 43.8 Å². The highest BCUT2D eigenvalue weighted by atomic mass is 79.9. The van der Waals surface area contributed by atoms with E-state index in [0.717, 1.165) is 0 Å².